The van der Waals surface area contributed by atoms with E-state index in [-0.39, 0.29) is 17.4 Å². The van der Waals surface area contributed by atoms with Crippen molar-refractivity contribution in [2.45, 2.75) is 27.7 Å². The molecular formula is C20H19ClN4O3. The topological polar surface area (TPSA) is 90.2 Å². The zero-order valence-electron chi connectivity index (χ0n) is 15.9. The Morgan fingerprint density at radius 1 is 1.00 bits per heavy atom. The minimum atomic E-state index is -0.560. The van der Waals surface area contributed by atoms with Gasteiger partial charge >= 0.3 is 11.6 Å². The fourth-order valence-electron chi connectivity index (χ4n) is 2.95. The minimum Gasteiger partial charge on any atom is -0.434 e. The summed E-state index contributed by atoms with van der Waals surface area (Å²) in [5, 5.41) is 15.4. The molecule has 0 atom stereocenters. The van der Waals surface area contributed by atoms with Gasteiger partial charge in [-0.25, -0.2) is 4.98 Å². The van der Waals surface area contributed by atoms with Crippen LogP contribution in [0.3, 0.4) is 0 Å². The first kappa shape index (κ1) is 19.6. The van der Waals surface area contributed by atoms with Crippen molar-refractivity contribution in [2.24, 2.45) is 0 Å². The number of nitrogens with one attached hydrogen (secondary N) is 1. The molecule has 8 heteroatoms. The van der Waals surface area contributed by atoms with Crippen molar-refractivity contribution >= 4 is 28.8 Å². The van der Waals surface area contributed by atoms with Crippen LogP contribution < -0.4 is 10.1 Å². The van der Waals surface area contributed by atoms with Crippen LogP contribution in [0, 0.1) is 37.8 Å². The van der Waals surface area contributed by atoms with E-state index in [4.69, 9.17) is 16.3 Å². The summed E-state index contributed by atoms with van der Waals surface area (Å²) < 4.78 is 5.72. The fourth-order valence-corrected chi connectivity index (χ4v) is 3.06. The Morgan fingerprint density at radius 2 is 1.61 bits per heavy atom. The first-order valence-electron chi connectivity index (χ1n) is 8.54. The van der Waals surface area contributed by atoms with Crippen molar-refractivity contribution in [3.8, 4) is 11.6 Å². The van der Waals surface area contributed by atoms with Crippen LogP contribution in [0.5, 0.6) is 11.6 Å². The van der Waals surface area contributed by atoms with Gasteiger partial charge in [0, 0.05) is 10.7 Å². The molecule has 0 unspecified atom stereocenters. The Kier molecular flexibility index (Phi) is 5.46. The van der Waals surface area contributed by atoms with Crippen molar-refractivity contribution in [2.75, 3.05) is 5.32 Å². The van der Waals surface area contributed by atoms with E-state index in [9.17, 15) is 10.1 Å². The van der Waals surface area contributed by atoms with E-state index in [1.54, 1.807) is 12.1 Å². The number of benzene rings is 2. The molecule has 1 N–H and O–H groups in total. The lowest BCUT2D eigenvalue weighted by molar-refractivity contribution is -0.385. The summed E-state index contributed by atoms with van der Waals surface area (Å²) in [6, 6.07) is 9.19. The molecule has 0 bridgehead atoms. The molecule has 2 aromatic carbocycles. The fraction of sp³-hybridized carbons (Fsp3) is 0.200. The van der Waals surface area contributed by atoms with E-state index in [0.29, 0.717) is 16.5 Å². The monoisotopic (exact) mass is 398 g/mol. The molecule has 28 heavy (non-hydrogen) atoms. The van der Waals surface area contributed by atoms with Gasteiger partial charge in [0.25, 0.3) is 0 Å². The van der Waals surface area contributed by atoms with Crippen molar-refractivity contribution in [1.82, 2.24) is 9.97 Å². The molecule has 3 aromatic rings. The molecule has 1 heterocycles. The average Bonchev–Trinajstić information content (AvgIpc) is 2.58. The van der Waals surface area contributed by atoms with Crippen LogP contribution >= 0.6 is 11.6 Å². The van der Waals surface area contributed by atoms with Gasteiger partial charge < -0.3 is 10.1 Å². The number of aryl methyl sites for hydroxylation is 4. The van der Waals surface area contributed by atoms with Gasteiger partial charge in [0.1, 0.15) is 12.1 Å². The number of rotatable bonds is 5. The zero-order valence-corrected chi connectivity index (χ0v) is 16.7. The molecule has 3 rings (SSSR count). The molecule has 0 spiro atoms. The van der Waals surface area contributed by atoms with Gasteiger partial charge in [-0.1, -0.05) is 17.7 Å². The Balaban J connectivity index is 2.01. The van der Waals surface area contributed by atoms with Crippen LogP contribution in [0.15, 0.2) is 36.7 Å². The summed E-state index contributed by atoms with van der Waals surface area (Å²) in [7, 11) is 0. The highest BCUT2D eigenvalue weighted by Gasteiger charge is 2.25. The van der Waals surface area contributed by atoms with E-state index in [1.165, 1.54) is 6.33 Å². The van der Waals surface area contributed by atoms with Crippen LogP contribution in [0.2, 0.25) is 5.02 Å². The van der Waals surface area contributed by atoms with Gasteiger partial charge in [0.05, 0.1) is 4.92 Å². The van der Waals surface area contributed by atoms with Gasteiger partial charge in [-0.2, -0.15) is 4.98 Å². The minimum absolute atomic E-state index is 0.0578. The lowest BCUT2D eigenvalue weighted by Gasteiger charge is -2.12. The van der Waals surface area contributed by atoms with Crippen LogP contribution in [0.25, 0.3) is 0 Å². The van der Waals surface area contributed by atoms with E-state index in [2.05, 4.69) is 15.3 Å². The average molecular weight is 399 g/mol. The number of nitro groups is 1. The highest BCUT2D eigenvalue weighted by Crippen LogP contribution is 2.37. The Bertz CT molecular complexity index is 1030. The molecule has 0 saturated carbocycles. The van der Waals surface area contributed by atoms with Crippen LogP contribution in [0.4, 0.5) is 17.2 Å². The summed E-state index contributed by atoms with van der Waals surface area (Å²) in [5.74, 6) is 0.328. The molecule has 0 aliphatic rings. The maximum atomic E-state index is 11.7. The molecule has 0 saturated heterocycles. The third kappa shape index (κ3) is 4.20. The summed E-state index contributed by atoms with van der Waals surface area (Å²) in [4.78, 5) is 19.2. The van der Waals surface area contributed by atoms with Gasteiger partial charge in [-0.15, -0.1) is 0 Å². The maximum Gasteiger partial charge on any atom is 0.373 e. The Morgan fingerprint density at radius 3 is 2.18 bits per heavy atom. The largest absolute Gasteiger partial charge is 0.434 e. The number of halogens is 1. The molecule has 0 radical (unpaired) electrons. The number of hydrogen-bond acceptors (Lipinski definition) is 6. The van der Waals surface area contributed by atoms with E-state index in [1.807, 2.05) is 45.9 Å². The van der Waals surface area contributed by atoms with Crippen LogP contribution in [-0.4, -0.2) is 14.9 Å². The molecule has 0 aliphatic carbocycles. The normalized spacial score (nSPS) is 10.6. The lowest BCUT2D eigenvalue weighted by atomic mass is 10.1. The third-order valence-corrected chi connectivity index (χ3v) is 4.68. The maximum absolute atomic E-state index is 11.7. The number of ether oxygens (including phenoxy) is 1. The summed E-state index contributed by atoms with van der Waals surface area (Å²) >= 11 is 6.18. The van der Waals surface area contributed by atoms with Crippen LogP contribution in [-0.2, 0) is 0 Å². The predicted octanol–water partition coefficient (Wildman–Crippen LogP) is 5.81. The van der Waals surface area contributed by atoms with Gasteiger partial charge in [0.15, 0.2) is 0 Å². The van der Waals surface area contributed by atoms with E-state index < -0.39 is 4.92 Å². The second-order valence-electron chi connectivity index (χ2n) is 6.61. The van der Waals surface area contributed by atoms with Crippen LogP contribution in [0.1, 0.15) is 22.3 Å². The summed E-state index contributed by atoms with van der Waals surface area (Å²) in [5.41, 5.74) is 4.03. The van der Waals surface area contributed by atoms with Gasteiger partial charge in [0.2, 0.25) is 5.82 Å². The second kappa shape index (κ2) is 7.82. The molecule has 1 aromatic heterocycles. The highest BCUT2D eigenvalue weighted by atomic mass is 35.5. The first-order valence-corrected chi connectivity index (χ1v) is 8.91. The molecule has 7 nitrogen and oxygen atoms in total. The highest BCUT2D eigenvalue weighted by molar-refractivity contribution is 6.32. The quantitative estimate of drug-likeness (QED) is 0.431. The van der Waals surface area contributed by atoms with Gasteiger partial charge in [-0.05, 0) is 74.2 Å². The first-order chi connectivity index (χ1) is 13.2. The zero-order chi connectivity index (χ0) is 20.4. The standard InChI is InChI=1S/C20H19ClN4O3/c1-11-5-12(2)7-15(6-11)24-19-18(25(26)27)20(23-10-22-19)28-16-8-13(3)17(21)14(4)9-16/h5-10H,1-4H3,(H,22,23,24). The molecular weight excluding hydrogens is 380 g/mol. The Hall–Kier alpha value is -3.19. The molecule has 144 valence electrons. The van der Waals surface area contributed by atoms with Crippen molar-refractivity contribution in [3.05, 3.63) is 74.0 Å². The SMILES string of the molecule is Cc1cc(C)cc(Nc2ncnc(Oc3cc(C)c(Cl)c(C)c3)c2[N+](=O)[O-])c1. The van der Waals surface area contributed by atoms with Crippen molar-refractivity contribution in [1.29, 1.82) is 0 Å². The lowest BCUT2D eigenvalue weighted by Crippen LogP contribution is -2.04. The molecule has 0 fully saturated rings. The number of aromatic nitrogens is 2. The van der Waals surface area contributed by atoms with E-state index >= 15 is 0 Å². The van der Waals surface area contributed by atoms with Crippen molar-refractivity contribution < 1.29 is 9.66 Å². The Labute approximate surface area is 167 Å². The van der Waals surface area contributed by atoms with E-state index in [0.717, 1.165) is 22.3 Å². The number of anilines is 2. The number of nitrogens with zero attached hydrogens (tertiary/aromatic N) is 3. The smallest absolute Gasteiger partial charge is 0.373 e. The summed E-state index contributed by atoms with van der Waals surface area (Å²) in [6.07, 6.45) is 1.23. The second-order valence-corrected chi connectivity index (χ2v) is 6.99. The molecule has 0 aliphatic heterocycles. The summed E-state index contributed by atoms with van der Waals surface area (Å²) in [6.45, 7) is 7.58. The van der Waals surface area contributed by atoms with Crippen molar-refractivity contribution in [3.63, 3.8) is 0 Å². The predicted molar refractivity (Wildman–Crippen MR) is 109 cm³/mol. The third-order valence-electron chi connectivity index (χ3n) is 4.08. The number of hydrogen-bond donors (Lipinski definition) is 1. The molecule has 0 amide bonds. The van der Waals surface area contributed by atoms with Gasteiger partial charge in [-0.3, -0.25) is 10.1 Å².